The van der Waals surface area contributed by atoms with Crippen molar-refractivity contribution in [1.82, 2.24) is 10.2 Å². The smallest absolute Gasteiger partial charge is 0.475 e. The number of carboxylic acid groups (broad SMARTS) is 1. The molecule has 11 heteroatoms. The minimum absolute atomic E-state index is 0.0492. The number of primary amides is 1. The van der Waals surface area contributed by atoms with Gasteiger partial charge in [0.25, 0.3) is 0 Å². The molecular weight excluding hydrogens is 519 g/mol. The highest BCUT2D eigenvalue weighted by Gasteiger charge is 2.45. The van der Waals surface area contributed by atoms with Crippen LogP contribution in [-0.2, 0) is 20.8 Å². The molecule has 1 saturated heterocycles. The third-order valence-corrected chi connectivity index (χ3v) is 7.44. The van der Waals surface area contributed by atoms with Gasteiger partial charge in [0.2, 0.25) is 11.8 Å². The number of halogens is 3. The van der Waals surface area contributed by atoms with E-state index in [1.807, 2.05) is 28.5 Å². The first-order valence-corrected chi connectivity index (χ1v) is 13.2. The van der Waals surface area contributed by atoms with Gasteiger partial charge in [0, 0.05) is 23.4 Å². The van der Waals surface area contributed by atoms with Crippen molar-refractivity contribution in [2.24, 2.45) is 11.7 Å². The number of carbonyl (C=O) groups is 3. The van der Waals surface area contributed by atoms with E-state index in [1.54, 1.807) is 17.4 Å². The number of hydrogen-bond donors (Lipinski definition) is 3. The maximum atomic E-state index is 13.2. The van der Waals surface area contributed by atoms with Crippen LogP contribution in [0.25, 0.3) is 0 Å². The summed E-state index contributed by atoms with van der Waals surface area (Å²) in [5, 5.41) is 12.5. The quantitative estimate of drug-likeness (QED) is 0.389. The Morgan fingerprint density at radius 3 is 2.16 bits per heavy atom. The summed E-state index contributed by atoms with van der Waals surface area (Å²) in [7, 11) is 0. The molecule has 1 aromatic carbocycles. The summed E-state index contributed by atoms with van der Waals surface area (Å²) in [6.45, 7) is 4.28. The van der Waals surface area contributed by atoms with Crippen molar-refractivity contribution in [3.05, 3.63) is 69.9 Å². The number of fused-ring (bicyclic) bond motifs is 5. The molecular formula is C27H32F3N3O4S. The first-order valence-electron chi connectivity index (χ1n) is 12.4. The second-order valence-electron chi connectivity index (χ2n) is 9.79. The van der Waals surface area contributed by atoms with Gasteiger partial charge in [-0.3, -0.25) is 14.9 Å². The molecule has 1 fully saturated rings. The lowest BCUT2D eigenvalue weighted by molar-refractivity contribution is -0.192. The Morgan fingerprint density at radius 1 is 1.13 bits per heavy atom. The lowest BCUT2D eigenvalue weighted by Gasteiger charge is -2.24. The lowest BCUT2D eigenvalue weighted by Crippen LogP contribution is -2.47. The van der Waals surface area contributed by atoms with Gasteiger partial charge in [-0.15, -0.1) is 11.3 Å². The number of nitrogens with two attached hydrogens (primary N) is 1. The van der Waals surface area contributed by atoms with Gasteiger partial charge in [-0.2, -0.15) is 13.2 Å². The van der Waals surface area contributed by atoms with Gasteiger partial charge in [0.15, 0.2) is 0 Å². The summed E-state index contributed by atoms with van der Waals surface area (Å²) in [5.41, 5.74) is 8.27. The molecule has 4 N–H and O–H groups in total. The number of carbonyl (C=O) groups excluding carboxylic acids is 2. The van der Waals surface area contributed by atoms with Crippen LogP contribution in [0.3, 0.4) is 0 Å². The predicted molar refractivity (Wildman–Crippen MR) is 138 cm³/mol. The molecule has 38 heavy (non-hydrogen) atoms. The zero-order valence-corrected chi connectivity index (χ0v) is 22.0. The second kappa shape index (κ2) is 12.6. The standard InChI is InChI=1S/C25H31N3O2S.C2HF3O2/c1-16(2)14-17(27-21(25(26)30)15-18-6-5-13-31-18)9-12-24(29)28-22-10-11-23(28)20-8-4-3-7-19(20)22;3-2(4,5)1(6)7/h3-9,12-13,16-17,21-23,27H,10-11,14-15H2,1-2H3,(H2,26,30);(H,6,7)/b12-9+;/t17-,21+,22-,23+;/m1./s1. The highest BCUT2D eigenvalue weighted by molar-refractivity contribution is 7.09. The number of amides is 2. The number of carboxylic acids is 1. The van der Waals surface area contributed by atoms with Crippen LogP contribution in [0.2, 0.25) is 0 Å². The molecule has 0 aliphatic carbocycles. The molecule has 0 unspecified atom stereocenters. The fourth-order valence-electron chi connectivity index (χ4n) is 4.97. The molecule has 0 radical (unpaired) electrons. The van der Waals surface area contributed by atoms with Crippen LogP contribution in [0.1, 0.15) is 61.2 Å². The summed E-state index contributed by atoms with van der Waals surface area (Å²) >= 11 is 1.62. The van der Waals surface area contributed by atoms with Gasteiger partial charge in [0.05, 0.1) is 18.1 Å². The monoisotopic (exact) mass is 551 g/mol. The number of benzene rings is 1. The van der Waals surface area contributed by atoms with Crippen molar-refractivity contribution in [3.63, 3.8) is 0 Å². The molecule has 7 nitrogen and oxygen atoms in total. The molecule has 1 aromatic heterocycles. The minimum Gasteiger partial charge on any atom is -0.475 e. The van der Waals surface area contributed by atoms with E-state index in [0.717, 1.165) is 24.1 Å². The number of rotatable bonds is 9. The fourth-order valence-corrected chi connectivity index (χ4v) is 5.72. The molecule has 2 aliphatic rings. The van der Waals surface area contributed by atoms with Crippen LogP contribution < -0.4 is 11.1 Å². The van der Waals surface area contributed by atoms with Crippen LogP contribution in [0.5, 0.6) is 0 Å². The first-order chi connectivity index (χ1) is 17.9. The molecule has 2 aliphatic heterocycles. The maximum Gasteiger partial charge on any atom is 0.490 e. The Hall–Kier alpha value is -3.18. The van der Waals surface area contributed by atoms with Gasteiger partial charge in [-0.1, -0.05) is 50.3 Å². The third-order valence-electron chi connectivity index (χ3n) is 6.54. The lowest BCUT2D eigenvalue weighted by atomic mass is 9.92. The van der Waals surface area contributed by atoms with Crippen molar-refractivity contribution < 1.29 is 32.7 Å². The van der Waals surface area contributed by atoms with E-state index in [-0.39, 0.29) is 29.9 Å². The highest BCUT2D eigenvalue weighted by atomic mass is 32.1. The summed E-state index contributed by atoms with van der Waals surface area (Å²) in [6.07, 6.45) is 1.98. The zero-order valence-electron chi connectivity index (χ0n) is 21.1. The molecule has 206 valence electrons. The molecule has 2 aromatic rings. The number of alkyl halides is 3. The van der Waals surface area contributed by atoms with Crippen molar-refractivity contribution in [1.29, 1.82) is 0 Å². The van der Waals surface area contributed by atoms with E-state index >= 15 is 0 Å². The van der Waals surface area contributed by atoms with Crippen molar-refractivity contribution in [2.45, 2.75) is 69.9 Å². The van der Waals surface area contributed by atoms with Crippen LogP contribution in [-0.4, -0.2) is 46.1 Å². The van der Waals surface area contributed by atoms with E-state index in [0.29, 0.717) is 12.3 Å². The topological polar surface area (TPSA) is 113 Å². The Balaban J connectivity index is 0.000000505. The van der Waals surface area contributed by atoms with Crippen LogP contribution >= 0.6 is 11.3 Å². The molecule has 4 rings (SSSR count). The highest BCUT2D eigenvalue weighted by Crippen LogP contribution is 2.52. The van der Waals surface area contributed by atoms with E-state index < -0.39 is 18.2 Å². The molecule has 0 saturated carbocycles. The number of hydrogen-bond acceptors (Lipinski definition) is 5. The Bertz CT molecular complexity index is 1120. The molecule has 0 spiro atoms. The largest absolute Gasteiger partial charge is 0.490 e. The average molecular weight is 552 g/mol. The Morgan fingerprint density at radius 2 is 1.71 bits per heavy atom. The summed E-state index contributed by atoms with van der Waals surface area (Å²) in [6, 6.07) is 12.2. The summed E-state index contributed by atoms with van der Waals surface area (Å²) < 4.78 is 31.7. The van der Waals surface area contributed by atoms with E-state index in [1.165, 1.54) is 11.1 Å². The summed E-state index contributed by atoms with van der Waals surface area (Å²) in [5.74, 6) is -2.66. The summed E-state index contributed by atoms with van der Waals surface area (Å²) in [4.78, 5) is 37.3. The number of aliphatic carboxylic acids is 1. The van der Waals surface area contributed by atoms with Gasteiger partial charge >= 0.3 is 12.1 Å². The average Bonchev–Trinajstić information content (AvgIpc) is 3.57. The van der Waals surface area contributed by atoms with Crippen molar-refractivity contribution in [2.75, 3.05) is 0 Å². The fraction of sp³-hybridized carbons (Fsp3) is 0.444. The molecule has 2 bridgehead atoms. The molecule has 3 heterocycles. The zero-order chi connectivity index (χ0) is 28.0. The van der Waals surface area contributed by atoms with Crippen LogP contribution in [0, 0.1) is 5.92 Å². The van der Waals surface area contributed by atoms with Gasteiger partial charge in [-0.05, 0) is 47.8 Å². The number of nitrogens with zero attached hydrogens (tertiary/aromatic N) is 1. The van der Waals surface area contributed by atoms with E-state index in [2.05, 4.69) is 43.4 Å². The number of thiophene rings is 1. The van der Waals surface area contributed by atoms with Gasteiger partial charge < -0.3 is 15.7 Å². The van der Waals surface area contributed by atoms with E-state index in [4.69, 9.17) is 15.6 Å². The second-order valence-corrected chi connectivity index (χ2v) is 10.8. The van der Waals surface area contributed by atoms with E-state index in [9.17, 15) is 22.8 Å². The predicted octanol–water partition coefficient (Wildman–Crippen LogP) is 4.76. The molecule has 2 amide bonds. The minimum atomic E-state index is -5.08. The maximum absolute atomic E-state index is 13.2. The third kappa shape index (κ3) is 7.44. The molecule has 4 atom stereocenters. The number of nitrogens with one attached hydrogen (secondary N) is 1. The van der Waals surface area contributed by atoms with Gasteiger partial charge in [0.1, 0.15) is 0 Å². The van der Waals surface area contributed by atoms with Crippen molar-refractivity contribution in [3.8, 4) is 0 Å². The first kappa shape index (κ1) is 29.4. The SMILES string of the molecule is CC(C)C[C@@H](/C=C/C(=O)N1[C@@H]2CC[C@H]1c1ccccc12)N[C@@H](Cc1cccs1)C(N)=O.O=C(O)C(F)(F)F. The van der Waals surface area contributed by atoms with Crippen LogP contribution in [0.4, 0.5) is 13.2 Å². The van der Waals surface area contributed by atoms with Crippen LogP contribution in [0.15, 0.2) is 53.9 Å². The Kier molecular flexibility index (Phi) is 9.72. The van der Waals surface area contributed by atoms with Gasteiger partial charge in [-0.25, -0.2) is 4.79 Å². The van der Waals surface area contributed by atoms with Crippen molar-refractivity contribution >= 4 is 29.1 Å². The normalized spacial score (nSPS) is 19.7. The Labute approximate surface area is 223 Å².